The SMILES string of the molecule is Cc1ccc(OCc2ccccc2)c(CN=[N+]=[N-])c1. The molecule has 0 aliphatic rings. The lowest BCUT2D eigenvalue weighted by Crippen LogP contribution is -1.98. The van der Waals surface area contributed by atoms with E-state index in [1.54, 1.807) is 0 Å². The molecule has 0 bridgehead atoms. The summed E-state index contributed by atoms with van der Waals surface area (Å²) in [4.78, 5) is 2.79. The molecule has 2 aromatic carbocycles. The van der Waals surface area contributed by atoms with Crippen molar-refractivity contribution in [2.75, 3.05) is 0 Å². The van der Waals surface area contributed by atoms with Crippen molar-refractivity contribution in [3.8, 4) is 5.75 Å². The summed E-state index contributed by atoms with van der Waals surface area (Å²) in [5.74, 6) is 0.766. The Bertz CT molecular complexity index is 590. The number of ether oxygens (including phenoxy) is 1. The van der Waals surface area contributed by atoms with Gasteiger partial charge in [-0.3, -0.25) is 0 Å². The van der Waals surface area contributed by atoms with E-state index < -0.39 is 0 Å². The van der Waals surface area contributed by atoms with Crippen LogP contribution in [0.4, 0.5) is 0 Å². The third kappa shape index (κ3) is 3.76. The first-order valence-electron chi connectivity index (χ1n) is 6.06. The van der Waals surface area contributed by atoms with Crippen LogP contribution in [-0.2, 0) is 13.2 Å². The minimum absolute atomic E-state index is 0.308. The van der Waals surface area contributed by atoms with Gasteiger partial charge in [0.05, 0.1) is 6.54 Å². The Labute approximate surface area is 112 Å². The largest absolute Gasteiger partial charge is 0.489 e. The Kier molecular flexibility index (Phi) is 4.43. The molecule has 0 saturated heterocycles. The Balaban J connectivity index is 2.13. The molecular weight excluding hydrogens is 238 g/mol. The average Bonchev–Trinajstić information content (AvgIpc) is 2.45. The van der Waals surface area contributed by atoms with Gasteiger partial charge >= 0.3 is 0 Å². The van der Waals surface area contributed by atoms with E-state index in [0.717, 1.165) is 22.4 Å². The highest BCUT2D eigenvalue weighted by atomic mass is 16.5. The summed E-state index contributed by atoms with van der Waals surface area (Å²) in [6.45, 7) is 2.82. The van der Waals surface area contributed by atoms with Crippen LogP contribution in [0, 0.1) is 6.92 Å². The monoisotopic (exact) mass is 253 g/mol. The predicted molar refractivity (Wildman–Crippen MR) is 74.8 cm³/mol. The molecule has 0 aliphatic heterocycles. The molecule has 2 rings (SSSR count). The molecule has 0 atom stereocenters. The van der Waals surface area contributed by atoms with Crippen molar-refractivity contribution in [1.29, 1.82) is 0 Å². The number of hydrogen-bond acceptors (Lipinski definition) is 2. The number of hydrogen-bond donors (Lipinski definition) is 0. The Morgan fingerprint density at radius 2 is 1.95 bits per heavy atom. The second-order valence-corrected chi connectivity index (χ2v) is 4.27. The maximum atomic E-state index is 8.41. The molecular formula is C15H15N3O. The summed E-state index contributed by atoms with van der Waals surface area (Å²) in [5.41, 5.74) is 11.6. The molecule has 0 heterocycles. The smallest absolute Gasteiger partial charge is 0.123 e. The molecule has 0 aliphatic carbocycles. The third-order valence-corrected chi connectivity index (χ3v) is 2.76. The first kappa shape index (κ1) is 13.0. The summed E-state index contributed by atoms with van der Waals surface area (Å²) in [5, 5.41) is 3.60. The first-order valence-corrected chi connectivity index (χ1v) is 6.06. The summed E-state index contributed by atoms with van der Waals surface area (Å²) in [6.07, 6.45) is 0. The molecule has 2 aromatic rings. The van der Waals surface area contributed by atoms with Gasteiger partial charge < -0.3 is 4.74 Å². The average molecular weight is 253 g/mol. The summed E-state index contributed by atoms with van der Waals surface area (Å²) < 4.78 is 5.79. The van der Waals surface area contributed by atoms with Gasteiger partial charge in [0.1, 0.15) is 12.4 Å². The normalized spacial score (nSPS) is 9.74. The van der Waals surface area contributed by atoms with Crippen LogP contribution in [-0.4, -0.2) is 0 Å². The van der Waals surface area contributed by atoms with Crippen LogP contribution in [0.1, 0.15) is 16.7 Å². The molecule has 4 heteroatoms. The first-order chi connectivity index (χ1) is 9.29. The second kappa shape index (κ2) is 6.47. The maximum Gasteiger partial charge on any atom is 0.123 e. The van der Waals surface area contributed by atoms with Gasteiger partial charge in [-0.2, -0.15) is 0 Å². The van der Waals surface area contributed by atoms with E-state index >= 15 is 0 Å². The van der Waals surface area contributed by atoms with Gasteiger partial charge in [0, 0.05) is 10.5 Å². The summed E-state index contributed by atoms with van der Waals surface area (Å²) in [6, 6.07) is 15.9. The number of rotatable bonds is 5. The Morgan fingerprint density at radius 3 is 2.68 bits per heavy atom. The fourth-order valence-electron chi connectivity index (χ4n) is 1.82. The topological polar surface area (TPSA) is 58.0 Å². The zero-order valence-electron chi connectivity index (χ0n) is 10.8. The molecule has 4 nitrogen and oxygen atoms in total. The Hall–Kier alpha value is -2.45. The van der Waals surface area contributed by atoms with Crippen molar-refractivity contribution in [3.05, 3.63) is 75.7 Å². The van der Waals surface area contributed by atoms with Gasteiger partial charge in [-0.25, -0.2) is 0 Å². The highest BCUT2D eigenvalue weighted by Crippen LogP contribution is 2.22. The lowest BCUT2D eigenvalue weighted by molar-refractivity contribution is 0.303. The molecule has 0 radical (unpaired) electrons. The molecule has 0 spiro atoms. The van der Waals surface area contributed by atoms with Crippen molar-refractivity contribution in [2.45, 2.75) is 20.1 Å². The van der Waals surface area contributed by atoms with Gasteiger partial charge in [0.2, 0.25) is 0 Å². The zero-order chi connectivity index (χ0) is 13.5. The van der Waals surface area contributed by atoms with Crippen LogP contribution in [0.15, 0.2) is 53.6 Å². The van der Waals surface area contributed by atoms with Crippen molar-refractivity contribution in [1.82, 2.24) is 0 Å². The van der Waals surface area contributed by atoms with Gasteiger partial charge in [-0.15, -0.1) is 0 Å². The minimum Gasteiger partial charge on any atom is -0.489 e. The van der Waals surface area contributed by atoms with E-state index in [2.05, 4.69) is 10.0 Å². The van der Waals surface area contributed by atoms with Gasteiger partial charge in [-0.05, 0) is 24.1 Å². The maximum absolute atomic E-state index is 8.41. The van der Waals surface area contributed by atoms with Crippen LogP contribution in [0.3, 0.4) is 0 Å². The second-order valence-electron chi connectivity index (χ2n) is 4.27. The van der Waals surface area contributed by atoms with E-state index in [4.69, 9.17) is 10.3 Å². The molecule has 19 heavy (non-hydrogen) atoms. The predicted octanol–water partition coefficient (Wildman–Crippen LogP) is 4.38. The van der Waals surface area contributed by atoms with E-state index in [0.29, 0.717) is 13.2 Å². The van der Waals surface area contributed by atoms with Gasteiger partial charge in [-0.1, -0.05) is 53.1 Å². The third-order valence-electron chi connectivity index (χ3n) is 2.76. The van der Waals surface area contributed by atoms with Crippen LogP contribution in [0.2, 0.25) is 0 Å². The number of aryl methyl sites for hydroxylation is 1. The van der Waals surface area contributed by atoms with Crippen LogP contribution < -0.4 is 4.74 Å². The van der Waals surface area contributed by atoms with Crippen LogP contribution >= 0.6 is 0 Å². The van der Waals surface area contributed by atoms with Crippen molar-refractivity contribution < 1.29 is 4.74 Å². The fraction of sp³-hybridized carbons (Fsp3) is 0.200. The lowest BCUT2D eigenvalue weighted by Gasteiger charge is -2.11. The Morgan fingerprint density at radius 1 is 1.16 bits per heavy atom. The summed E-state index contributed by atoms with van der Waals surface area (Å²) >= 11 is 0. The van der Waals surface area contributed by atoms with Crippen molar-refractivity contribution in [2.24, 2.45) is 5.11 Å². The zero-order valence-corrected chi connectivity index (χ0v) is 10.8. The van der Waals surface area contributed by atoms with Gasteiger partial charge in [0.25, 0.3) is 0 Å². The molecule has 0 amide bonds. The fourth-order valence-corrected chi connectivity index (χ4v) is 1.82. The highest BCUT2D eigenvalue weighted by molar-refractivity contribution is 5.37. The molecule has 0 aromatic heterocycles. The van der Waals surface area contributed by atoms with E-state index in [1.165, 1.54) is 0 Å². The number of azide groups is 1. The molecule has 0 N–H and O–H groups in total. The standard InChI is InChI=1S/C15H15N3O/c1-12-7-8-15(14(9-12)10-17-18-16)19-11-13-5-3-2-4-6-13/h2-9H,10-11H2,1H3. The summed E-state index contributed by atoms with van der Waals surface area (Å²) in [7, 11) is 0. The van der Waals surface area contributed by atoms with Crippen LogP contribution in [0.25, 0.3) is 10.4 Å². The highest BCUT2D eigenvalue weighted by Gasteiger charge is 2.03. The van der Waals surface area contributed by atoms with Crippen molar-refractivity contribution in [3.63, 3.8) is 0 Å². The lowest BCUT2D eigenvalue weighted by atomic mass is 10.1. The van der Waals surface area contributed by atoms with E-state index in [1.807, 2.05) is 55.5 Å². The molecule has 96 valence electrons. The van der Waals surface area contributed by atoms with Gasteiger partial charge in [0.15, 0.2) is 0 Å². The quantitative estimate of drug-likeness (QED) is 0.443. The molecule has 0 fully saturated rings. The van der Waals surface area contributed by atoms with Crippen LogP contribution in [0.5, 0.6) is 5.75 Å². The van der Waals surface area contributed by atoms with E-state index in [9.17, 15) is 0 Å². The molecule has 0 unspecified atom stereocenters. The van der Waals surface area contributed by atoms with Crippen molar-refractivity contribution >= 4 is 0 Å². The number of benzene rings is 2. The molecule has 0 saturated carbocycles. The number of nitrogens with zero attached hydrogens (tertiary/aromatic N) is 3. The van der Waals surface area contributed by atoms with E-state index in [-0.39, 0.29) is 0 Å². The minimum atomic E-state index is 0.308.